The average molecular weight is 235 g/mol. The number of hydrogen-bond donors (Lipinski definition) is 0. The monoisotopic (exact) mass is 234 g/mol. The smallest absolute Gasteiger partial charge is 0.308 e. The zero-order valence-corrected chi connectivity index (χ0v) is 8.97. The molecule has 0 aromatic heterocycles. The van der Waals surface area contributed by atoms with Gasteiger partial charge in [0.2, 0.25) is 0 Å². The lowest BCUT2D eigenvalue weighted by Gasteiger charge is -2.10. The van der Waals surface area contributed by atoms with E-state index in [1.54, 1.807) is 0 Å². The summed E-state index contributed by atoms with van der Waals surface area (Å²) < 4.78 is 4.73. The van der Waals surface area contributed by atoms with Gasteiger partial charge in [-0.3, -0.25) is 4.79 Å². The second-order valence-corrected chi connectivity index (χ2v) is 4.62. The van der Waals surface area contributed by atoms with Gasteiger partial charge in [0.15, 0.2) is 0 Å². The molecule has 2 nitrogen and oxygen atoms in total. The average Bonchev–Trinajstić information content (AvgIpc) is 2.29. The van der Waals surface area contributed by atoms with Gasteiger partial charge in [-0.1, -0.05) is 22.4 Å². The Kier molecular flexibility index (Phi) is 4.06. The van der Waals surface area contributed by atoms with Crippen LogP contribution in [0.3, 0.4) is 0 Å². The number of carbonyl (C=O) groups excluding carboxylic acids is 1. The van der Waals surface area contributed by atoms with Gasteiger partial charge in [-0.05, 0) is 25.7 Å². The van der Waals surface area contributed by atoms with Crippen LogP contribution in [0.1, 0.15) is 32.1 Å². The summed E-state index contributed by atoms with van der Waals surface area (Å²) in [6.07, 6.45) is 5.39. The molecule has 1 aliphatic rings. The molecule has 2 unspecified atom stereocenters. The molecule has 0 saturated heterocycles. The van der Waals surface area contributed by atoms with Crippen LogP contribution in [-0.4, -0.2) is 17.9 Å². The van der Waals surface area contributed by atoms with E-state index in [0.717, 1.165) is 25.7 Å². The number of hydrogen-bond acceptors (Lipinski definition) is 2. The number of halogens is 1. The maximum Gasteiger partial charge on any atom is 0.308 e. The number of alkyl halides is 1. The first kappa shape index (κ1) is 10.0. The minimum atomic E-state index is -0.0309. The summed E-state index contributed by atoms with van der Waals surface area (Å²) in [4.78, 5) is 11.8. The van der Waals surface area contributed by atoms with Crippen molar-refractivity contribution in [2.75, 3.05) is 7.11 Å². The number of rotatable bonds is 1. The van der Waals surface area contributed by atoms with Crippen LogP contribution in [0, 0.1) is 5.92 Å². The lowest BCUT2D eigenvalue weighted by Crippen LogP contribution is -2.15. The molecule has 0 N–H and O–H groups in total. The molecule has 0 bridgehead atoms. The van der Waals surface area contributed by atoms with E-state index in [-0.39, 0.29) is 11.9 Å². The summed E-state index contributed by atoms with van der Waals surface area (Å²) in [6.45, 7) is 0. The Hall–Kier alpha value is -0.0500. The van der Waals surface area contributed by atoms with Gasteiger partial charge in [-0.15, -0.1) is 0 Å². The minimum Gasteiger partial charge on any atom is -0.469 e. The molecule has 0 amide bonds. The van der Waals surface area contributed by atoms with Gasteiger partial charge in [0.05, 0.1) is 13.0 Å². The van der Waals surface area contributed by atoms with Gasteiger partial charge in [0.25, 0.3) is 0 Å². The molecule has 12 heavy (non-hydrogen) atoms. The van der Waals surface area contributed by atoms with E-state index in [2.05, 4.69) is 15.9 Å². The van der Waals surface area contributed by atoms with E-state index >= 15 is 0 Å². The van der Waals surface area contributed by atoms with Crippen LogP contribution < -0.4 is 0 Å². The van der Waals surface area contributed by atoms with E-state index in [9.17, 15) is 4.79 Å². The molecule has 1 fully saturated rings. The zero-order chi connectivity index (χ0) is 8.97. The first-order chi connectivity index (χ1) is 5.74. The lowest BCUT2D eigenvalue weighted by molar-refractivity contribution is -0.145. The Morgan fingerprint density at radius 2 is 2.08 bits per heavy atom. The third kappa shape index (κ3) is 2.77. The molecule has 70 valence electrons. The summed E-state index contributed by atoms with van der Waals surface area (Å²) in [5.41, 5.74) is 0. The molecule has 1 rings (SSSR count). The van der Waals surface area contributed by atoms with Crippen LogP contribution in [-0.2, 0) is 9.53 Å². The van der Waals surface area contributed by atoms with E-state index in [0.29, 0.717) is 4.83 Å². The van der Waals surface area contributed by atoms with E-state index in [1.807, 2.05) is 0 Å². The highest BCUT2D eigenvalue weighted by atomic mass is 79.9. The molecular weight excluding hydrogens is 220 g/mol. The Morgan fingerprint density at radius 1 is 1.33 bits per heavy atom. The second kappa shape index (κ2) is 4.85. The normalized spacial score (nSPS) is 30.8. The first-order valence-corrected chi connectivity index (χ1v) is 5.37. The van der Waals surface area contributed by atoms with Crippen molar-refractivity contribution < 1.29 is 9.53 Å². The molecule has 0 spiro atoms. The number of methoxy groups -OCH3 is 1. The van der Waals surface area contributed by atoms with Crippen molar-refractivity contribution >= 4 is 21.9 Å². The van der Waals surface area contributed by atoms with Gasteiger partial charge < -0.3 is 4.74 Å². The van der Waals surface area contributed by atoms with Gasteiger partial charge in [-0.2, -0.15) is 0 Å². The molecule has 0 heterocycles. The molecule has 0 aromatic rings. The van der Waals surface area contributed by atoms with Crippen molar-refractivity contribution in [3.05, 3.63) is 0 Å². The predicted molar refractivity (Wildman–Crippen MR) is 51.3 cm³/mol. The Labute approximate surface area is 81.8 Å². The maximum atomic E-state index is 11.2. The lowest BCUT2D eigenvalue weighted by atomic mass is 10.0. The van der Waals surface area contributed by atoms with Crippen molar-refractivity contribution in [2.45, 2.75) is 36.9 Å². The summed E-state index contributed by atoms with van der Waals surface area (Å²) >= 11 is 3.58. The van der Waals surface area contributed by atoms with Gasteiger partial charge in [0.1, 0.15) is 0 Å². The summed E-state index contributed by atoms with van der Waals surface area (Å²) in [6, 6.07) is 0. The fraction of sp³-hybridized carbons (Fsp3) is 0.889. The van der Waals surface area contributed by atoms with Crippen LogP contribution in [0.15, 0.2) is 0 Å². The molecular formula is C9H15BrO2. The van der Waals surface area contributed by atoms with Crippen LogP contribution in [0.2, 0.25) is 0 Å². The van der Waals surface area contributed by atoms with Crippen molar-refractivity contribution in [3.63, 3.8) is 0 Å². The second-order valence-electron chi connectivity index (χ2n) is 3.33. The summed E-state index contributed by atoms with van der Waals surface area (Å²) in [5.74, 6) is 0.120. The molecule has 3 heteroatoms. The molecule has 1 saturated carbocycles. The summed E-state index contributed by atoms with van der Waals surface area (Å²) in [5, 5.41) is 0. The molecule has 0 aliphatic heterocycles. The fourth-order valence-electron chi connectivity index (χ4n) is 1.66. The van der Waals surface area contributed by atoms with E-state index < -0.39 is 0 Å². The highest BCUT2D eigenvalue weighted by molar-refractivity contribution is 9.09. The Balaban J connectivity index is 2.40. The quantitative estimate of drug-likeness (QED) is 0.396. The third-order valence-electron chi connectivity index (χ3n) is 2.43. The van der Waals surface area contributed by atoms with Crippen LogP contribution in [0.25, 0.3) is 0 Å². The number of esters is 1. The molecule has 0 radical (unpaired) electrons. The van der Waals surface area contributed by atoms with Crippen molar-refractivity contribution in [3.8, 4) is 0 Å². The SMILES string of the molecule is COC(=O)C1CCCC(Br)CC1. The minimum absolute atomic E-state index is 0.0309. The molecule has 1 aliphatic carbocycles. The topological polar surface area (TPSA) is 26.3 Å². The fourth-order valence-corrected chi connectivity index (χ4v) is 2.25. The Bertz CT molecular complexity index is 159. The third-order valence-corrected chi connectivity index (χ3v) is 3.35. The highest BCUT2D eigenvalue weighted by Crippen LogP contribution is 2.27. The van der Waals surface area contributed by atoms with E-state index in [1.165, 1.54) is 13.5 Å². The Morgan fingerprint density at radius 3 is 2.75 bits per heavy atom. The first-order valence-electron chi connectivity index (χ1n) is 4.46. The molecule has 2 atom stereocenters. The van der Waals surface area contributed by atoms with Gasteiger partial charge in [-0.25, -0.2) is 0 Å². The van der Waals surface area contributed by atoms with Crippen molar-refractivity contribution in [2.24, 2.45) is 5.92 Å². The summed E-state index contributed by atoms with van der Waals surface area (Å²) in [7, 11) is 1.47. The van der Waals surface area contributed by atoms with Crippen LogP contribution >= 0.6 is 15.9 Å². The number of carbonyl (C=O) groups is 1. The molecule has 0 aromatic carbocycles. The predicted octanol–water partition coefficient (Wildman–Crippen LogP) is 2.50. The maximum absolute atomic E-state index is 11.2. The van der Waals surface area contributed by atoms with E-state index in [4.69, 9.17) is 4.74 Å². The van der Waals surface area contributed by atoms with Crippen LogP contribution in [0.4, 0.5) is 0 Å². The highest BCUT2D eigenvalue weighted by Gasteiger charge is 2.23. The standard InChI is InChI=1S/C9H15BrO2/c1-12-9(11)7-3-2-4-8(10)6-5-7/h7-8H,2-6H2,1H3. The number of ether oxygens (including phenoxy) is 1. The van der Waals surface area contributed by atoms with Gasteiger partial charge >= 0.3 is 5.97 Å². The van der Waals surface area contributed by atoms with Crippen molar-refractivity contribution in [1.29, 1.82) is 0 Å². The van der Waals surface area contributed by atoms with Crippen molar-refractivity contribution in [1.82, 2.24) is 0 Å². The largest absolute Gasteiger partial charge is 0.469 e. The van der Waals surface area contributed by atoms with Gasteiger partial charge in [0, 0.05) is 4.83 Å². The zero-order valence-electron chi connectivity index (χ0n) is 7.38. The van der Waals surface area contributed by atoms with Crippen LogP contribution in [0.5, 0.6) is 0 Å².